The van der Waals surface area contributed by atoms with Gasteiger partial charge in [0, 0.05) is 30.2 Å². The number of amides is 1. The molecule has 0 unspecified atom stereocenters. The lowest BCUT2D eigenvalue weighted by molar-refractivity contribution is -0.525. The van der Waals surface area contributed by atoms with Gasteiger partial charge in [-0.25, -0.2) is 15.1 Å². The molecule has 0 saturated heterocycles. The predicted molar refractivity (Wildman–Crippen MR) is 132 cm³/mol. The molecule has 0 saturated carbocycles. The zero-order valence-electron chi connectivity index (χ0n) is 19.8. The van der Waals surface area contributed by atoms with Crippen molar-refractivity contribution >= 4 is 36.1 Å². The first-order chi connectivity index (χ1) is 16.1. The molecule has 34 heavy (non-hydrogen) atoms. The summed E-state index contributed by atoms with van der Waals surface area (Å²) in [7, 11) is -1.71. The molecule has 0 spiro atoms. The zero-order chi connectivity index (χ0) is 25.5. The van der Waals surface area contributed by atoms with E-state index in [4.69, 9.17) is 5.73 Å². The molecule has 11 nitrogen and oxygen atoms in total. The Labute approximate surface area is 204 Å². The third-order valence-corrected chi connectivity index (χ3v) is 6.10. The van der Waals surface area contributed by atoms with E-state index in [1.807, 2.05) is 25.3 Å². The van der Waals surface area contributed by atoms with Crippen LogP contribution in [0.15, 0.2) is 22.5 Å². The van der Waals surface area contributed by atoms with Crippen molar-refractivity contribution in [2.45, 2.75) is 71.2 Å². The number of hydrogen-bond donors (Lipinski definition) is 5. The first-order valence-electron chi connectivity index (χ1n) is 11.5. The highest BCUT2D eigenvalue weighted by Crippen LogP contribution is 2.18. The highest BCUT2D eigenvalue weighted by molar-refractivity contribution is 7.09. The van der Waals surface area contributed by atoms with Crippen LogP contribution in [-0.2, 0) is 16.0 Å². The Morgan fingerprint density at radius 2 is 2.03 bits per heavy atom. The number of nitrogens with one attached hydrogen (secondary N) is 2. The first kappa shape index (κ1) is 29.5. The van der Waals surface area contributed by atoms with E-state index in [1.165, 1.54) is 4.88 Å². The van der Waals surface area contributed by atoms with E-state index in [1.54, 1.807) is 16.8 Å². The molecule has 0 aromatic carbocycles. The van der Waals surface area contributed by atoms with Gasteiger partial charge in [-0.05, 0) is 55.9 Å². The molecule has 0 aliphatic rings. The second kappa shape index (κ2) is 16.2. The zero-order valence-corrected chi connectivity index (χ0v) is 20.6. The SMILES string of the molecule is CC(C)C[C@H](NC(=O)[C@H](CCCN=C(N)N[N+](=O)[O-])CC(=O)CCCCc1cccs1)B(O)O. The van der Waals surface area contributed by atoms with Crippen LogP contribution in [0, 0.1) is 22.0 Å². The van der Waals surface area contributed by atoms with Crippen LogP contribution in [0.25, 0.3) is 0 Å². The van der Waals surface area contributed by atoms with E-state index >= 15 is 0 Å². The van der Waals surface area contributed by atoms with Crippen molar-refractivity contribution in [2.24, 2.45) is 22.6 Å². The van der Waals surface area contributed by atoms with Crippen molar-refractivity contribution < 1.29 is 24.7 Å². The van der Waals surface area contributed by atoms with Crippen LogP contribution >= 0.6 is 11.3 Å². The maximum atomic E-state index is 12.9. The number of hydrogen-bond acceptors (Lipinski definition) is 8. The van der Waals surface area contributed by atoms with E-state index in [2.05, 4.69) is 16.4 Å². The van der Waals surface area contributed by atoms with Crippen molar-refractivity contribution in [3.63, 3.8) is 0 Å². The van der Waals surface area contributed by atoms with Crippen molar-refractivity contribution in [2.75, 3.05) is 6.54 Å². The summed E-state index contributed by atoms with van der Waals surface area (Å²) in [5.74, 6) is -2.18. The summed E-state index contributed by atoms with van der Waals surface area (Å²) in [5.41, 5.74) is 7.13. The van der Waals surface area contributed by atoms with Crippen LogP contribution in [0.5, 0.6) is 0 Å². The summed E-state index contributed by atoms with van der Waals surface area (Å²) in [5, 5.41) is 33.5. The lowest BCUT2D eigenvalue weighted by atomic mass is 9.74. The Bertz CT molecular complexity index is 791. The second-order valence-electron chi connectivity index (χ2n) is 8.66. The molecule has 0 aliphatic carbocycles. The van der Waals surface area contributed by atoms with Crippen LogP contribution in [0.2, 0.25) is 0 Å². The number of thiophene rings is 1. The average molecular weight is 497 g/mol. The van der Waals surface area contributed by atoms with Gasteiger partial charge in [-0.15, -0.1) is 11.3 Å². The monoisotopic (exact) mass is 497 g/mol. The van der Waals surface area contributed by atoms with E-state index in [9.17, 15) is 29.8 Å². The smallest absolute Gasteiger partial charge is 0.426 e. The number of carbonyl (C=O) groups excluding carboxylic acids is 2. The largest absolute Gasteiger partial charge is 0.475 e. The Kier molecular flexibility index (Phi) is 14.0. The summed E-state index contributed by atoms with van der Waals surface area (Å²) < 4.78 is 0. The quantitative estimate of drug-likeness (QED) is 0.0536. The molecule has 0 bridgehead atoms. The summed E-state index contributed by atoms with van der Waals surface area (Å²) in [6, 6.07) is 4.06. The van der Waals surface area contributed by atoms with E-state index in [0.717, 1.165) is 19.3 Å². The Morgan fingerprint density at radius 3 is 2.62 bits per heavy atom. The number of guanidine groups is 1. The summed E-state index contributed by atoms with van der Waals surface area (Å²) in [6.45, 7) is 3.95. The Hall–Kier alpha value is -2.51. The standard InChI is InChI=1S/C21H36BN5O6S/c1-15(2)13-19(22(30)31)25-20(29)16(7-5-11-24-21(23)26-27(32)33)14-17(28)8-3-4-9-18-10-6-12-34-18/h6,10,12,15-16,19,30-31H,3-5,7-9,11,13-14H2,1-2H3,(H,25,29)(H3,23,24,26)/t16-,19+/m1/s1. The van der Waals surface area contributed by atoms with Gasteiger partial charge in [-0.2, -0.15) is 0 Å². The van der Waals surface area contributed by atoms with Crippen LogP contribution in [0.4, 0.5) is 0 Å². The molecule has 0 radical (unpaired) electrons. The van der Waals surface area contributed by atoms with E-state index in [-0.39, 0.29) is 30.6 Å². The minimum absolute atomic E-state index is 0.0330. The van der Waals surface area contributed by atoms with E-state index < -0.39 is 29.9 Å². The van der Waals surface area contributed by atoms with Crippen molar-refractivity contribution in [1.29, 1.82) is 0 Å². The first-order valence-corrected chi connectivity index (χ1v) is 12.4. The van der Waals surface area contributed by atoms with Gasteiger partial charge in [0.25, 0.3) is 5.96 Å². The van der Waals surface area contributed by atoms with Gasteiger partial charge in [0.1, 0.15) is 5.78 Å². The van der Waals surface area contributed by atoms with Gasteiger partial charge in [0.2, 0.25) is 5.91 Å². The van der Waals surface area contributed by atoms with Gasteiger partial charge >= 0.3 is 7.12 Å². The van der Waals surface area contributed by atoms with Gasteiger partial charge in [0.15, 0.2) is 5.03 Å². The number of nitrogens with two attached hydrogens (primary N) is 1. The maximum absolute atomic E-state index is 12.9. The molecule has 1 amide bonds. The van der Waals surface area contributed by atoms with Gasteiger partial charge < -0.3 is 21.1 Å². The number of Topliss-reactive ketones (excluding diaryl/α,β-unsaturated/α-hetero) is 1. The summed E-state index contributed by atoms with van der Waals surface area (Å²) >= 11 is 1.68. The van der Waals surface area contributed by atoms with Crippen LogP contribution in [0.1, 0.15) is 63.7 Å². The van der Waals surface area contributed by atoms with Crippen LogP contribution in [-0.4, -0.2) is 52.3 Å². The Balaban J connectivity index is 2.65. The number of ketones is 1. The maximum Gasteiger partial charge on any atom is 0.475 e. The summed E-state index contributed by atoms with van der Waals surface area (Å²) in [6.07, 6.45) is 3.98. The number of nitro groups is 1. The number of hydrazine groups is 1. The average Bonchev–Trinajstić information content (AvgIpc) is 3.25. The Morgan fingerprint density at radius 1 is 1.29 bits per heavy atom. The lowest BCUT2D eigenvalue weighted by Gasteiger charge is -2.23. The number of carbonyl (C=O) groups is 2. The van der Waals surface area contributed by atoms with Crippen LogP contribution in [0.3, 0.4) is 0 Å². The predicted octanol–water partition coefficient (Wildman–Crippen LogP) is 1.46. The molecule has 1 heterocycles. The third-order valence-electron chi connectivity index (χ3n) is 5.17. The normalized spacial score (nSPS) is 13.4. The fraction of sp³-hybridized carbons (Fsp3) is 0.667. The molecule has 190 valence electrons. The number of aryl methyl sites for hydroxylation is 1. The number of rotatable bonds is 17. The minimum atomic E-state index is -1.71. The lowest BCUT2D eigenvalue weighted by Crippen LogP contribution is -2.49. The number of unbranched alkanes of at least 4 members (excludes halogenated alkanes) is 1. The van der Waals surface area contributed by atoms with Crippen LogP contribution < -0.4 is 16.5 Å². The molecule has 6 N–H and O–H groups in total. The molecular weight excluding hydrogens is 461 g/mol. The van der Waals surface area contributed by atoms with E-state index in [0.29, 0.717) is 25.7 Å². The third kappa shape index (κ3) is 13.3. The molecular formula is C21H36BN5O6S. The molecule has 1 rings (SSSR count). The fourth-order valence-electron chi connectivity index (χ4n) is 3.51. The summed E-state index contributed by atoms with van der Waals surface area (Å²) in [4.78, 5) is 40.9. The fourth-order valence-corrected chi connectivity index (χ4v) is 4.26. The van der Waals surface area contributed by atoms with Gasteiger partial charge in [-0.3, -0.25) is 9.59 Å². The molecule has 13 heteroatoms. The topological polar surface area (TPSA) is 180 Å². The van der Waals surface area contributed by atoms with Crippen molar-refractivity contribution in [3.05, 3.63) is 32.5 Å². The van der Waals surface area contributed by atoms with Crippen molar-refractivity contribution in [3.8, 4) is 0 Å². The molecule has 1 aromatic heterocycles. The molecule has 0 fully saturated rings. The molecule has 2 atom stereocenters. The molecule has 1 aromatic rings. The van der Waals surface area contributed by atoms with Crippen molar-refractivity contribution in [1.82, 2.24) is 10.7 Å². The van der Waals surface area contributed by atoms with Gasteiger partial charge in [0.05, 0.1) is 5.94 Å². The highest BCUT2D eigenvalue weighted by atomic mass is 32.1. The highest BCUT2D eigenvalue weighted by Gasteiger charge is 2.29. The molecule has 0 aliphatic heterocycles. The van der Waals surface area contributed by atoms with Gasteiger partial charge in [-0.1, -0.05) is 25.3 Å². The minimum Gasteiger partial charge on any atom is -0.426 e. The number of nitrogens with zero attached hydrogens (tertiary/aromatic N) is 2. The number of aliphatic imine (C=N–C) groups is 1. The second-order valence-corrected chi connectivity index (χ2v) is 9.69.